The third-order valence-corrected chi connectivity index (χ3v) is 3.56. The monoisotopic (exact) mass is 360 g/mol. The second-order valence-electron chi connectivity index (χ2n) is 5.67. The van der Waals surface area contributed by atoms with E-state index in [-0.39, 0.29) is 6.61 Å². The molecule has 10 nitrogen and oxygen atoms in total. The number of fused-ring (bicyclic) bond motifs is 2. The minimum Gasteiger partial charge on any atom is -0.463 e. The Balaban J connectivity index is 2.27. The molecule has 2 fully saturated rings. The zero-order valence-corrected chi connectivity index (χ0v) is 14.3. The lowest BCUT2D eigenvalue weighted by Gasteiger charge is -2.35. The van der Waals surface area contributed by atoms with Crippen molar-refractivity contribution >= 4 is 23.9 Å². The van der Waals surface area contributed by atoms with Gasteiger partial charge in [0.25, 0.3) is 0 Å². The lowest BCUT2D eigenvalue weighted by molar-refractivity contribution is -0.278. The Morgan fingerprint density at radius 1 is 0.720 bits per heavy atom. The molecule has 0 amide bonds. The molecular weight excluding hydrogens is 340 g/mol. The van der Waals surface area contributed by atoms with Gasteiger partial charge < -0.3 is 28.4 Å². The molecule has 0 aromatic rings. The molecule has 0 saturated carbocycles. The molecule has 0 aromatic heterocycles. The summed E-state index contributed by atoms with van der Waals surface area (Å²) in [5, 5.41) is 0. The number of rotatable bonds is 5. The maximum absolute atomic E-state index is 11.4. The predicted molar refractivity (Wildman–Crippen MR) is 76.8 cm³/mol. The summed E-state index contributed by atoms with van der Waals surface area (Å²) in [7, 11) is 0. The van der Waals surface area contributed by atoms with Crippen molar-refractivity contribution < 1.29 is 47.6 Å². The highest BCUT2D eigenvalue weighted by atomic mass is 16.8. The third-order valence-electron chi connectivity index (χ3n) is 3.56. The highest BCUT2D eigenvalue weighted by molar-refractivity contribution is 5.68. The van der Waals surface area contributed by atoms with E-state index < -0.39 is 60.7 Å². The van der Waals surface area contributed by atoms with E-state index in [9.17, 15) is 19.2 Å². The number of hydrogen-bond donors (Lipinski definition) is 0. The van der Waals surface area contributed by atoms with Crippen LogP contribution in [0.25, 0.3) is 0 Å². The van der Waals surface area contributed by atoms with Gasteiger partial charge in [0.05, 0.1) is 0 Å². The summed E-state index contributed by atoms with van der Waals surface area (Å²) < 4.78 is 31.7. The fourth-order valence-electron chi connectivity index (χ4n) is 2.79. The lowest BCUT2D eigenvalue weighted by Crippen LogP contribution is -2.52. The van der Waals surface area contributed by atoms with Crippen LogP contribution in [0.3, 0.4) is 0 Å². The SMILES string of the molecule is CC(=O)OC[C@H]1O[C@H]2O[C@H]([C@@H](OC(C)=O)[C@@H]2OC(C)=O)[C@@H]1OC(C)=O. The molecule has 0 spiro atoms. The van der Waals surface area contributed by atoms with Crippen LogP contribution in [0.15, 0.2) is 0 Å². The largest absolute Gasteiger partial charge is 0.463 e. The maximum Gasteiger partial charge on any atom is 0.303 e. The van der Waals surface area contributed by atoms with Gasteiger partial charge in [-0.25, -0.2) is 0 Å². The van der Waals surface area contributed by atoms with Crippen LogP contribution in [-0.4, -0.2) is 67.3 Å². The number of ether oxygens (including phenoxy) is 6. The fraction of sp³-hybridized carbons (Fsp3) is 0.733. The summed E-state index contributed by atoms with van der Waals surface area (Å²) in [5.74, 6) is -2.42. The first kappa shape index (κ1) is 19.1. The van der Waals surface area contributed by atoms with Crippen molar-refractivity contribution in [2.24, 2.45) is 0 Å². The molecule has 0 radical (unpaired) electrons. The second kappa shape index (κ2) is 7.79. The van der Waals surface area contributed by atoms with Crippen molar-refractivity contribution in [2.45, 2.75) is 64.5 Å². The van der Waals surface area contributed by atoms with Gasteiger partial charge in [-0.3, -0.25) is 19.2 Å². The van der Waals surface area contributed by atoms with E-state index in [1.54, 1.807) is 0 Å². The Kier molecular flexibility index (Phi) is 5.96. The molecule has 0 aliphatic carbocycles. The highest BCUT2D eigenvalue weighted by Crippen LogP contribution is 2.37. The summed E-state index contributed by atoms with van der Waals surface area (Å²) in [6.07, 6.45) is -5.93. The highest BCUT2D eigenvalue weighted by Gasteiger charge is 2.60. The van der Waals surface area contributed by atoms with Crippen LogP contribution in [0.2, 0.25) is 0 Å². The lowest BCUT2D eigenvalue weighted by atomic mass is 10.0. The summed E-state index contributed by atoms with van der Waals surface area (Å²) in [5.41, 5.74) is 0. The second-order valence-corrected chi connectivity index (χ2v) is 5.67. The van der Waals surface area contributed by atoms with Crippen molar-refractivity contribution in [3.05, 3.63) is 0 Å². The first-order valence-electron chi connectivity index (χ1n) is 7.65. The summed E-state index contributed by atoms with van der Waals surface area (Å²) in [6, 6.07) is 0. The Morgan fingerprint density at radius 2 is 1.24 bits per heavy atom. The van der Waals surface area contributed by atoms with Gasteiger partial charge in [0.1, 0.15) is 18.8 Å². The van der Waals surface area contributed by atoms with E-state index in [4.69, 9.17) is 28.4 Å². The van der Waals surface area contributed by atoms with E-state index in [1.165, 1.54) is 27.7 Å². The number of esters is 4. The van der Waals surface area contributed by atoms with Gasteiger partial charge >= 0.3 is 23.9 Å². The van der Waals surface area contributed by atoms with Crippen LogP contribution in [0, 0.1) is 0 Å². The molecule has 0 unspecified atom stereocenters. The van der Waals surface area contributed by atoms with Gasteiger partial charge in [0, 0.05) is 27.7 Å². The maximum atomic E-state index is 11.4. The van der Waals surface area contributed by atoms with Gasteiger partial charge in [-0.2, -0.15) is 0 Å². The van der Waals surface area contributed by atoms with Crippen LogP contribution in [-0.2, 0) is 47.6 Å². The van der Waals surface area contributed by atoms with Crippen LogP contribution >= 0.6 is 0 Å². The summed E-state index contributed by atoms with van der Waals surface area (Å²) in [4.78, 5) is 45.2. The predicted octanol–water partition coefficient (Wildman–Crippen LogP) is -0.532. The first-order valence-corrected chi connectivity index (χ1v) is 7.65. The third kappa shape index (κ3) is 4.67. The molecule has 2 rings (SSSR count). The molecule has 2 aliphatic rings. The average molecular weight is 360 g/mol. The van der Waals surface area contributed by atoms with E-state index >= 15 is 0 Å². The van der Waals surface area contributed by atoms with Gasteiger partial charge in [0.2, 0.25) is 0 Å². The first-order chi connectivity index (χ1) is 11.7. The summed E-state index contributed by atoms with van der Waals surface area (Å²) in [6.45, 7) is 4.58. The van der Waals surface area contributed by atoms with E-state index in [0.717, 1.165) is 0 Å². The normalized spacial score (nSPS) is 33.3. The van der Waals surface area contributed by atoms with Gasteiger partial charge in [-0.15, -0.1) is 0 Å². The Bertz CT molecular complexity index is 559. The van der Waals surface area contributed by atoms with Crippen molar-refractivity contribution in [2.75, 3.05) is 6.61 Å². The Morgan fingerprint density at radius 3 is 1.76 bits per heavy atom. The van der Waals surface area contributed by atoms with Gasteiger partial charge in [0.15, 0.2) is 24.6 Å². The van der Waals surface area contributed by atoms with Gasteiger partial charge in [-0.05, 0) is 0 Å². The minimum absolute atomic E-state index is 0.205. The zero-order chi connectivity index (χ0) is 18.7. The smallest absolute Gasteiger partial charge is 0.303 e. The molecule has 10 heteroatoms. The molecule has 25 heavy (non-hydrogen) atoms. The number of carbonyl (C=O) groups is 4. The molecule has 2 saturated heterocycles. The zero-order valence-electron chi connectivity index (χ0n) is 14.3. The molecule has 2 heterocycles. The van der Waals surface area contributed by atoms with E-state index in [2.05, 4.69) is 0 Å². The van der Waals surface area contributed by atoms with Crippen LogP contribution in [0.4, 0.5) is 0 Å². The van der Waals surface area contributed by atoms with Gasteiger partial charge in [-0.1, -0.05) is 0 Å². The van der Waals surface area contributed by atoms with Crippen LogP contribution in [0.1, 0.15) is 27.7 Å². The minimum atomic E-state index is -1.05. The van der Waals surface area contributed by atoms with Crippen molar-refractivity contribution in [3.8, 4) is 0 Å². The molecule has 2 aliphatic heterocycles. The van der Waals surface area contributed by atoms with E-state index in [0.29, 0.717) is 0 Å². The molecule has 0 aromatic carbocycles. The summed E-state index contributed by atoms with van der Waals surface area (Å²) >= 11 is 0. The van der Waals surface area contributed by atoms with Crippen LogP contribution in [0.5, 0.6) is 0 Å². The van der Waals surface area contributed by atoms with Crippen molar-refractivity contribution in [1.29, 1.82) is 0 Å². The van der Waals surface area contributed by atoms with Crippen molar-refractivity contribution in [1.82, 2.24) is 0 Å². The number of hydrogen-bond acceptors (Lipinski definition) is 10. The molecule has 140 valence electrons. The molecular formula is C15H20O10. The molecule has 0 N–H and O–H groups in total. The van der Waals surface area contributed by atoms with Crippen molar-refractivity contribution in [3.63, 3.8) is 0 Å². The van der Waals surface area contributed by atoms with E-state index in [1.807, 2.05) is 0 Å². The quantitative estimate of drug-likeness (QED) is 0.467. The topological polar surface area (TPSA) is 124 Å². The molecule has 2 bridgehead atoms. The Labute approximate surface area is 143 Å². The molecule has 6 atom stereocenters. The number of carbonyl (C=O) groups excluding carboxylic acids is 4. The average Bonchev–Trinajstić information content (AvgIpc) is 2.73. The fourth-order valence-corrected chi connectivity index (χ4v) is 2.79. The van der Waals surface area contributed by atoms with Crippen LogP contribution < -0.4 is 0 Å². The standard InChI is InChI=1S/C15H20O10/c1-6(16)20-5-10-11(21-7(2)17)12-13(22-8(3)18)14(23-9(4)19)15(24-10)25-12/h10-15H,5H2,1-4H3/t10-,11-,12+,13-,14+,15+/m1/s1. The Hall–Kier alpha value is -2.20.